The predicted octanol–water partition coefficient (Wildman–Crippen LogP) is 2.60. The zero-order valence-electron chi connectivity index (χ0n) is 11.4. The summed E-state index contributed by atoms with van der Waals surface area (Å²) in [5.41, 5.74) is 1.54. The number of rotatable bonds is 4. The number of aromatic nitrogens is 4. The van der Waals surface area contributed by atoms with E-state index in [4.69, 9.17) is 4.74 Å². The zero-order chi connectivity index (χ0) is 14.8. The van der Waals surface area contributed by atoms with Crippen LogP contribution in [0.3, 0.4) is 0 Å². The van der Waals surface area contributed by atoms with Gasteiger partial charge in [0.1, 0.15) is 5.82 Å². The minimum atomic E-state index is -0.391. The maximum Gasteiger partial charge on any atom is 0.260 e. The lowest BCUT2D eigenvalue weighted by Crippen LogP contribution is -2.04. The van der Waals surface area contributed by atoms with Crippen molar-refractivity contribution in [1.82, 2.24) is 20.3 Å². The lowest BCUT2D eigenvalue weighted by Gasteiger charge is -2.10. The van der Waals surface area contributed by atoms with Crippen molar-refractivity contribution in [2.24, 2.45) is 0 Å². The maximum atomic E-state index is 13.9. The van der Waals surface area contributed by atoms with E-state index in [9.17, 15) is 4.39 Å². The van der Waals surface area contributed by atoms with Gasteiger partial charge in [-0.15, -0.1) is 0 Å². The molecule has 0 saturated carbocycles. The Morgan fingerprint density at radius 2 is 2.00 bits per heavy atom. The molecule has 8 heteroatoms. The van der Waals surface area contributed by atoms with E-state index < -0.39 is 5.82 Å². The zero-order valence-corrected chi connectivity index (χ0v) is 11.4. The van der Waals surface area contributed by atoms with Crippen molar-refractivity contribution in [2.45, 2.75) is 13.8 Å². The molecule has 0 unspecified atom stereocenters. The highest BCUT2D eigenvalue weighted by atomic mass is 19.1. The molecule has 1 aromatic carbocycles. The van der Waals surface area contributed by atoms with Crippen molar-refractivity contribution in [1.29, 1.82) is 0 Å². The fraction of sp³-hybridized carbons (Fsp3) is 0.231. The van der Waals surface area contributed by atoms with Gasteiger partial charge in [0.05, 0.1) is 12.3 Å². The number of hydrogen-bond acceptors (Lipinski definition) is 7. The van der Waals surface area contributed by atoms with Gasteiger partial charge in [0, 0.05) is 0 Å². The van der Waals surface area contributed by atoms with E-state index in [1.807, 2.05) is 13.8 Å². The summed E-state index contributed by atoms with van der Waals surface area (Å²) in [6.07, 6.45) is 0. The molecule has 0 aliphatic carbocycles. The third-order valence-corrected chi connectivity index (χ3v) is 2.74. The summed E-state index contributed by atoms with van der Waals surface area (Å²) in [5, 5.41) is 10.1. The Bertz CT molecular complexity index is 789. The first-order valence-electron chi connectivity index (χ1n) is 6.33. The first kappa shape index (κ1) is 13.2. The molecule has 0 atom stereocenters. The number of nitrogens with zero attached hydrogens (tertiary/aromatic N) is 4. The molecule has 0 radical (unpaired) electrons. The first-order chi connectivity index (χ1) is 10.2. The van der Waals surface area contributed by atoms with E-state index in [0.29, 0.717) is 6.61 Å². The van der Waals surface area contributed by atoms with Gasteiger partial charge in [-0.1, -0.05) is 6.07 Å². The van der Waals surface area contributed by atoms with Crippen LogP contribution in [0.1, 0.15) is 12.5 Å². The molecule has 7 nitrogen and oxygen atoms in total. The SMILES string of the molecule is CCOc1nc2nonc2nc1Nc1ccc(C)cc1F. The molecule has 21 heavy (non-hydrogen) atoms. The molecule has 1 N–H and O–H groups in total. The number of anilines is 2. The molecule has 0 aliphatic rings. The average Bonchev–Trinajstić information content (AvgIpc) is 2.89. The Labute approximate surface area is 119 Å². The third kappa shape index (κ3) is 2.60. The van der Waals surface area contributed by atoms with Crippen molar-refractivity contribution in [3.63, 3.8) is 0 Å². The summed E-state index contributed by atoms with van der Waals surface area (Å²) in [6, 6.07) is 4.83. The fourth-order valence-corrected chi connectivity index (χ4v) is 1.79. The van der Waals surface area contributed by atoms with Gasteiger partial charge in [-0.05, 0) is 41.9 Å². The standard InChI is InChI=1S/C13H12FN5O2/c1-3-20-13-12(16-10-11(17-13)19-21-18-10)15-9-5-4-7(2)6-8(9)14/h4-6H,3H2,1-2H3,(H,15,16,18). The molecule has 3 rings (SSSR count). The van der Waals surface area contributed by atoms with E-state index in [0.717, 1.165) is 5.56 Å². The van der Waals surface area contributed by atoms with E-state index in [-0.39, 0.29) is 28.7 Å². The van der Waals surface area contributed by atoms with Crippen molar-refractivity contribution >= 4 is 22.8 Å². The van der Waals surface area contributed by atoms with Crippen molar-refractivity contribution in [2.75, 3.05) is 11.9 Å². The van der Waals surface area contributed by atoms with Crippen LogP contribution in [0.15, 0.2) is 22.8 Å². The topological polar surface area (TPSA) is 86.0 Å². The van der Waals surface area contributed by atoms with Crippen LogP contribution in [0.4, 0.5) is 15.9 Å². The summed E-state index contributed by atoms with van der Waals surface area (Å²) in [7, 11) is 0. The molecular formula is C13H12FN5O2. The van der Waals surface area contributed by atoms with Crippen molar-refractivity contribution < 1.29 is 13.8 Å². The Hall–Kier alpha value is -2.77. The molecule has 0 fully saturated rings. The van der Waals surface area contributed by atoms with Crippen LogP contribution in [0.25, 0.3) is 11.3 Å². The molecular weight excluding hydrogens is 277 g/mol. The second-order valence-corrected chi connectivity index (χ2v) is 4.33. The second-order valence-electron chi connectivity index (χ2n) is 4.33. The van der Waals surface area contributed by atoms with Crippen LogP contribution in [-0.2, 0) is 0 Å². The summed E-state index contributed by atoms with van der Waals surface area (Å²) in [5.74, 6) is 0.0705. The van der Waals surface area contributed by atoms with E-state index >= 15 is 0 Å². The lowest BCUT2D eigenvalue weighted by molar-refractivity contribution is 0.312. The van der Waals surface area contributed by atoms with E-state index in [1.54, 1.807) is 12.1 Å². The normalized spacial score (nSPS) is 10.8. The minimum absolute atomic E-state index is 0.209. The van der Waals surface area contributed by atoms with Crippen molar-refractivity contribution in [3.05, 3.63) is 29.6 Å². The van der Waals surface area contributed by atoms with Gasteiger partial charge in [0.25, 0.3) is 5.88 Å². The van der Waals surface area contributed by atoms with E-state index in [1.165, 1.54) is 6.07 Å². The van der Waals surface area contributed by atoms with Gasteiger partial charge in [0.15, 0.2) is 5.82 Å². The summed E-state index contributed by atoms with van der Waals surface area (Å²) in [4.78, 5) is 8.31. The smallest absolute Gasteiger partial charge is 0.260 e. The number of nitrogens with one attached hydrogen (secondary N) is 1. The predicted molar refractivity (Wildman–Crippen MR) is 73.0 cm³/mol. The Balaban J connectivity index is 2.03. The van der Waals surface area contributed by atoms with Gasteiger partial charge >= 0.3 is 0 Å². The molecule has 0 spiro atoms. The Kier molecular flexibility index (Phi) is 3.35. The lowest BCUT2D eigenvalue weighted by atomic mass is 10.2. The molecule has 0 aliphatic heterocycles. The quantitative estimate of drug-likeness (QED) is 0.790. The van der Waals surface area contributed by atoms with E-state index in [2.05, 4.69) is 30.2 Å². The molecule has 0 saturated heterocycles. The number of hydrogen-bond donors (Lipinski definition) is 1. The number of fused-ring (bicyclic) bond motifs is 1. The van der Waals surface area contributed by atoms with Crippen molar-refractivity contribution in [3.8, 4) is 5.88 Å². The first-order valence-corrected chi connectivity index (χ1v) is 6.33. The highest BCUT2D eigenvalue weighted by Crippen LogP contribution is 2.27. The summed E-state index contributed by atoms with van der Waals surface area (Å²) >= 11 is 0. The average molecular weight is 289 g/mol. The van der Waals surface area contributed by atoms with Crippen LogP contribution in [-0.4, -0.2) is 26.9 Å². The van der Waals surface area contributed by atoms with Crippen LogP contribution in [0.2, 0.25) is 0 Å². The highest BCUT2D eigenvalue weighted by Gasteiger charge is 2.15. The second kappa shape index (κ2) is 5.31. The van der Waals surface area contributed by atoms with Crippen LogP contribution in [0.5, 0.6) is 5.88 Å². The Morgan fingerprint density at radius 1 is 1.24 bits per heavy atom. The molecule has 3 aromatic rings. The molecule has 2 aromatic heterocycles. The number of aryl methyl sites for hydroxylation is 1. The molecule has 2 heterocycles. The molecule has 0 bridgehead atoms. The minimum Gasteiger partial charge on any atom is -0.475 e. The number of ether oxygens (including phenoxy) is 1. The molecule has 0 amide bonds. The van der Waals surface area contributed by atoms with Crippen LogP contribution < -0.4 is 10.1 Å². The third-order valence-electron chi connectivity index (χ3n) is 2.74. The van der Waals surface area contributed by atoms with Gasteiger partial charge in [0.2, 0.25) is 11.3 Å². The largest absolute Gasteiger partial charge is 0.475 e. The summed E-state index contributed by atoms with van der Waals surface area (Å²) < 4.78 is 23.9. The number of halogens is 1. The highest BCUT2D eigenvalue weighted by molar-refractivity contribution is 5.71. The summed E-state index contributed by atoms with van der Waals surface area (Å²) in [6.45, 7) is 4.01. The molecule has 108 valence electrons. The van der Waals surface area contributed by atoms with Gasteiger partial charge in [-0.2, -0.15) is 9.97 Å². The monoisotopic (exact) mass is 289 g/mol. The van der Waals surface area contributed by atoms with Gasteiger partial charge in [-0.3, -0.25) is 0 Å². The van der Waals surface area contributed by atoms with Gasteiger partial charge < -0.3 is 10.1 Å². The maximum absolute atomic E-state index is 13.9. The number of benzene rings is 1. The fourth-order valence-electron chi connectivity index (χ4n) is 1.79. The van der Waals surface area contributed by atoms with Gasteiger partial charge in [-0.25, -0.2) is 9.02 Å². The van der Waals surface area contributed by atoms with Crippen LogP contribution in [0, 0.1) is 12.7 Å². The Morgan fingerprint density at radius 3 is 2.71 bits per heavy atom. The van der Waals surface area contributed by atoms with Crippen LogP contribution >= 0.6 is 0 Å².